The van der Waals surface area contributed by atoms with E-state index in [1.807, 2.05) is 0 Å². The summed E-state index contributed by atoms with van der Waals surface area (Å²) in [7, 11) is -2.66. The predicted molar refractivity (Wildman–Crippen MR) is 127 cm³/mol. The molecule has 0 saturated heterocycles. The van der Waals surface area contributed by atoms with Crippen LogP contribution in [0.2, 0.25) is 4.34 Å². The van der Waals surface area contributed by atoms with Crippen LogP contribution in [-0.4, -0.2) is 30.9 Å². The van der Waals surface area contributed by atoms with Gasteiger partial charge in [-0.2, -0.15) is 12.8 Å². The van der Waals surface area contributed by atoms with Gasteiger partial charge in [0.05, 0.1) is 26.6 Å². The first kappa shape index (κ1) is 23.7. The minimum atomic E-state index is -4.17. The molecule has 0 aliphatic rings. The van der Waals surface area contributed by atoms with Gasteiger partial charge in [-0.1, -0.05) is 23.7 Å². The Balaban J connectivity index is 1.64. The zero-order valence-corrected chi connectivity index (χ0v) is 19.7. The molecule has 2 heterocycles. The van der Waals surface area contributed by atoms with Gasteiger partial charge < -0.3 is 15.4 Å². The van der Waals surface area contributed by atoms with Crippen LogP contribution in [0, 0.1) is 5.82 Å². The number of hydrogen-bond donors (Lipinski definition) is 2. The molecule has 2 N–H and O–H groups in total. The number of fused-ring (bicyclic) bond motifs is 1. The molecular formula is C21H15ClFN4O5S2-. The third kappa shape index (κ3) is 4.60. The average Bonchev–Trinajstić information content (AvgIpc) is 3.22. The van der Waals surface area contributed by atoms with E-state index in [1.54, 1.807) is 0 Å². The Bertz CT molecular complexity index is 1660. The third-order valence-corrected chi connectivity index (χ3v) is 7.83. The van der Waals surface area contributed by atoms with E-state index < -0.39 is 33.0 Å². The molecule has 0 amide bonds. The number of aromatic amines is 1. The van der Waals surface area contributed by atoms with Crippen molar-refractivity contribution < 1.29 is 17.9 Å². The molecule has 0 aliphatic carbocycles. The summed E-state index contributed by atoms with van der Waals surface area (Å²) in [5, 5.41) is 14.8. The van der Waals surface area contributed by atoms with E-state index in [4.69, 9.17) is 11.6 Å². The number of halogens is 2. The molecule has 4 aromatic rings. The lowest BCUT2D eigenvalue weighted by Gasteiger charge is -2.12. The SMILES string of the molecule is CNc1cc2[nH]c(=O)n(-c3ccc(C/C([O-])=N/S(=O)(=O)c4ccc(Cl)s4)cc3)c(=O)c2cc1F. The molecule has 34 heavy (non-hydrogen) atoms. The Morgan fingerprint density at radius 1 is 1.21 bits per heavy atom. The quantitative estimate of drug-likeness (QED) is 0.295. The van der Waals surface area contributed by atoms with Crippen molar-refractivity contribution in [3.05, 3.63) is 85.1 Å². The highest BCUT2D eigenvalue weighted by Gasteiger charge is 2.15. The maximum Gasteiger partial charge on any atom is 0.333 e. The van der Waals surface area contributed by atoms with Gasteiger partial charge in [0.25, 0.3) is 15.6 Å². The van der Waals surface area contributed by atoms with Crippen molar-refractivity contribution in [3.8, 4) is 5.69 Å². The van der Waals surface area contributed by atoms with Gasteiger partial charge in [-0.25, -0.2) is 13.8 Å². The monoisotopic (exact) mass is 521 g/mol. The number of hydrogen-bond acceptors (Lipinski definition) is 7. The summed E-state index contributed by atoms with van der Waals surface area (Å²) < 4.78 is 42.8. The predicted octanol–water partition coefficient (Wildman–Crippen LogP) is 2.26. The molecule has 0 spiro atoms. The Hall–Kier alpha value is -3.48. The largest absolute Gasteiger partial charge is 0.861 e. The van der Waals surface area contributed by atoms with Crippen LogP contribution in [0.5, 0.6) is 0 Å². The van der Waals surface area contributed by atoms with Crippen LogP contribution in [0.3, 0.4) is 0 Å². The molecule has 0 unspecified atom stereocenters. The summed E-state index contributed by atoms with van der Waals surface area (Å²) in [6.07, 6.45) is -0.320. The van der Waals surface area contributed by atoms with Crippen molar-refractivity contribution in [3.63, 3.8) is 0 Å². The highest BCUT2D eigenvalue weighted by atomic mass is 35.5. The number of aromatic nitrogens is 2. The van der Waals surface area contributed by atoms with Crippen LogP contribution in [0.1, 0.15) is 5.56 Å². The number of thiophene rings is 1. The van der Waals surface area contributed by atoms with Gasteiger partial charge in [0, 0.05) is 13.5 Å². The van der Waals surface area contributed by atoms with Gasteiger partial charge in [0.1, 0.15) is 10.0 Å². The Morgan fingerprint density at radius 2 is 1.91 bits per heavy atom. The van der Waals surface area contributed by atoms with Gasteiger partial charge in [-0.15, -0.1) is 11.3 Å². The van der Waals surface area contributed by atoms with Crippen LogP contribution in [0.15, 0.2) is 66.7 Å². The molecule has 0 aliphatic heterocycles. The summed E-state index contributed by atoms with van der Waals surface area (Å²) in [6, 6.07) is 10.8. The third-order valence-electron chi connectivity index (χ3n) is 4.83. The van der Waals surface area contributed by atoms with Gasteiger partial charge in [-0.05, 0) is 47.9 Å². The number of anilines is 1. The Morgan fingerprint density at radius 3 is 2.53 bits per heavy atom. The molecule has 2 aromatic heterocycles. The molecule has 0 fully saturated rings. The van der Waals surface area contributed by atoms with E-state index in [0.717, 1.165) is 22.0 Å². The Kier molecular flexibility index (Phi) is 6.30. The molecule has 0 bridgehead atoms. The van der Waals surface area contributed by atoms with Gasteiger partial charge >= 0.3 is 5.69 Å². The van der Waals surface area contributed by atoms with E-state index in [0.29, 0.717) is 5.56 Å². The van der Waals surface area contributed by atoms with Crippen molar-refractivity contribution in [2.24, 2.45) is 4.40 Å². The lowest BCUT2D eigenvalue weighted by atomic mass is 10.1. The first-order chi connectivity index (χ1) is 16.1. The molecule has 176 valence electrons. The summed E-state index contributed by atoms with van der Waals surface area (Å²) in [5.41, 5.74) is -0.560. The summed E-state index contributed by atoms with van der Waals surface area (Å²) in [5.74, 6) is -1.54. The molecule has 9 nitrogen and oxygen atoms in total. The van der Waals surface area contributed by atoms with Crippen LogP contribution < -0.4 is 21.7 Å². The fourth-order valence-electron chi connectivity index (χ4n) is 3.25. The maximum atomic E-state index is 14.1. The van der Waals surface area contributed by atoms with Gasteiger partial charge in [-0.3, -0.25) is 4.79 Å². The highest BCUT2D eigenvalue weighted by molar-refractivity contribution is 7.92. The lowest BCUT2D eigenvalue weighted by Crippen LogP contribution is -2.33. The minimum absolute atomic E-state index is 0.0203. The van der Waals surface area contributed by atoms with Crippen molar-refractivity contribution in [1.82, 2.24) is 9.55 Å². The first-order valence-corrected chi connectivity index (χ1v) is 12.2. The molecule has 0 saturated carbocycles. The second kappa shape index (κ2) is 9.05. The Labute approximate surface area is 200 Å². The summed E-state index contributed by atoms with van der Waals surface area (Å²) >= 11 is 6.52. The summed E-state index contributed by atoms with van der Waals surface area (Å²) in [4.78, 5) is 28.0. The zero-order chi connectivity index (χ0) is 24.6. The minimum Gasteiger partial charge on any atom is -0.861 e. The van der Waals surface area contributed by atoms with Crippen LogP contribution >= 0.6 is 22.9 Å². The molecule has 2 aromatic carbocycles. The molecule has 4 rings (SSSR count). The van der Waals surface area contributed by atoms with Gasteiger partial charge in [0.15, 0.2) is 0 Å². The topological polar surface area (TPSA) is 136 Å². The first-order valence-electron chi connectivity index (χ1n) is 9.61. The second-order valence-corrected chi connectivity index (χ2v) is 10.6. The number of H-pyrrole nitrogens is 1. The fraction of sp³-hybridized carbons (Fsp3) is 0.0952. The normalized spacial score (nSPS) is 12.3. The number of nitrogens with one attached hydrogen (secondary N) is 2. The van der Waals surface area contributed by atoms with Crippen molar-refractivity contribution in [1.29, 1.82) is 0 Å². The highest BCUT2D eigenvalue weighted by Crippen LogP contribution is 2.27. The van der Waals surface area contributed by atoms with E-state index in [1.165, 1.54) is 49.5 Å². The maximum absolute atomic E-state index is 14.1. The molecular weight excluding hydrogens is 507 g/mol. The average molecular weight is 522 g/mol. The smallest absolute Gasteiger partial charge is 0.333 e. The van der Waals surface area contributed by atoms with Crippen LogP contribution in [-0.2, 0) is 16.4 Å². The summed E-state index contributed by atoms with van der Waals surface area (Å²) in [6.45, 7) is 0. The van der Waals surface area contributed by atoms with Crippen molar-refractivity contribution >= 4 is 55.4 Å². The van der Waals surface area contributed by atoms with Crippen LogP contribution in [0.25, 0.3) is 16.6 Å². The standard InChI is InChI=1S/C21H16ClFN4O5S2/c1-24-16-10-15-13(9-14(16)23)20(29)27(21(30)25-15)12-4-2-11(3-5-12)8-18(28)26-34(31,32)19-7-6-17(22)33-19/h2-7,9-10,24H,8H2,1H3,(H,25,30)(H,26,28)/p-1. The number of nitrogens with zero attached hydrogens (tertiary/aromatic N) is 2. The van der Waals surface area contributed by atoms with E-state index >= 15 is 0 Å². The molecule has 0 atom stereocenters. The van der Waals surface area contributed by atoms with E-state index in [9.17, 15) is 27.5 Å². The van der Waals surface area contributed by atoms with Crippen molar-refractivity contribution in [2.75, 3.05) is 12.4 Å². The lowest BCUT2D eigenvalue weighted by molar-refractivity contribution is -0.217. The molecule has 0 radical (unpaired) electrons. The number of benzene rings is 2. The fourth-order valence-corrected chi connectivity index (χ4v) is 5.63. The van der Waals surface area contributed by atoms with Crippen molar-refractivity contribution in [2.45, 2.75) is 10.6 Å². The van der Waals surface area contributed by atoms with Gasteiger partial charge in [0.2, 0.25) is 0 Å². The van der Waals surface area contributed by atoms with E-state index in [2.05, 4.69) is 14.7 Å². The van der Waals surface area contributed by atoms with E-state index in [-0.39, 0.29) is 37.2 Å². The number of sulfonamides is 1. The number of rotatable bonds is 6. The zero-order valence-electron chi connectivity index (χ0n) is 17.3. The van der Waals surface area contributed by atoms with Crippen LogP contribution in [0.4, 0.5) is 10.1 Å². The second-order valence-electron chi connectivity index (χ2n) is 7.06. The molecule has 13 heteroatoms.